The average molecular weight is 286 g/mol. The Bertz CT molecular complexity index is 599. The van der Waals surface area contributed by atoms with E-state index in [4.69, 9.17) is 4.74 Å². The summed E-state index contributed by atoms with van der Waals surface area (Å²) in [6.07, 6.45) is 1.05. The van der Waals surface area contributed by atoms with Crippen molar-refractivity contribution in [2.75, 3.05) is 19.0 Å². The molecule has 0 fully saturated rings. The number of methoxy groups -OCH3 is 1. The predicted octanol–water partition coefficient (Wildman–Crippen LogP) is 3.49. The molecule has 112 valence electrons. The van der Waals surface area contributed by atoms with E-state index < -0.39 is 0 Å². The molecule has 2 aromatic heterocycles. The van der Waals surface area contributed by atoms with E-state index in [0.29, 0.717) is 17.6 Å². The number of pyridine rings is 1. The van der Waals surface area contributed by atoms with E-state index in [1.807, 2.05) is 24.3 Å². The maximum atomic E-state index is 5.17. The van der Waals surface area contributed by atoms with Gasteiger partial charge in [-0.2, -0.15) is 0 Å². The van der Waals surface area contributed by atoms with Crippen molar-refractivity contribution in [1.29, 1.82) is 0 Å². The van der Waals surface area contributed by atoms with Crippen LogP contribution in [0.15, 0.2) is 24.3 Å². The minimum Gasteiger partial charge on any atom is -0.481 e. The maximum absolute atomic E-state index is 5.17. The monoisotopic (exact) mass is 286 g/mol. The van der Waals surface area contributed by atoms with Gasteiger partial charge in [-0.05, 0) is 18.4 Å². The zero-order valence-electron chi connectivity index (χ0n) is 13.1. The van der Waals surface area contributed by atoms with Crippen LogP contribution in [0.4, 0.5) is 5.82 Å². The van der Waals surface area contributed by atoms with Gasteiger partial charge in [-0.3, -0.25) is 0 Å². The van der Waals surface area contributed by atoms with Crippen molar-refractivity contribution in [2.45, 2.75) is 33.1 Å². The van der Waals surface area contributed by atoms with E-state index in [9.17, 15) is 0 Å². The topological polar surface area (TPSA) is 59.9 Å². The number of hydrogen-bond donors (Lipinski definition) is 1. The third-order valence-corrected chi connectivity index (χ3v) is 3.06. The minimum atomic E-state index is 0.333. The zero-order valence-corrected chi connectivity index (χ0v) is 13.1. The average Bonchev–Trinajstić information content (AvgIpc) is 2.52. The van der Waals surface area contributed by atoms with Crippen molar-refractivity contribution in [3.8, 4) is 17.4 Å². The Morgan fingerprint density at radius 3 is 2.67 bits per heavy atom. The van der Waals surface area contributed by atoms with E-state index in [0.717, 1.165) is 30.2 Å². The molecule has 0 aliphatic carbocycles. The molecule has 0 bridgehead atoms. The van der Waals surface area contributed by atoms with Gasteiger partial charge in [-0.1, -0.05) is 26.8 Å². The van der Waals surface area contributed by atoms with Gasteiger partial charge in [0.05, 0.1) is 7.11 Å². The minimum absolute atomic E-state index is 0.333. The quantitative estimate of drug-likeness (QED) is 0.880. The Kier molecular flexibility index (Phi) is 5.09. The first-order chi connectivity index (χ1) is 10.1. The Hall–Kier alpha value is -2.17. The molecule has 1 N–H and O–H groups in total. The summed E-state index contributed by atoms with van der Waals surface area (Å²) in [5.74, 6) is 2.36. The molecule has 5 nitrogen and oxygen atoms in total. The summed E-state index contributed by atoms with van der Waals surface area (Å²) in [5.41, 5.74) is 1.72. The Labute approximate surface area is 125 Å². The van der Waals surface area contributed by atoms with Gasteiger partial charge < -0.3 is 10.1 Å². The van der Waals surface area contributed by atoms with E-state index in [-0.39, 0.29) is 0 Å². The van der Waals surface area contributed by atoms with Crippen LogP contribution in [-0.4, -0.2) is 28.6 Å². The van der Waals surface area contributed by atoms with Crippen molar-refractivity contribution in [1.82, 2.24) is 15.0 Å². The molecule has 0 saturated heterocycles. The SMILES string of the molecule is CCCNc1cc(C(C)C)nc(-c2cccc(OC)n2)n1. The van der Waals surface area contributed by atoms with Crippen molar-refractivity contribution >= 4 is 5.82 Å². The molecular formula is C16H22N4O. The number of nitrogens with zero attached hydrogens (tertiary/aromatic N) is 3. The summed E-state index contributed by atoms with van der Waals surface area (Å²) in [5, 5.41) is 3.32. The Morgan fingerprint density at radius 2 is 2.00 bits per heavy atom. The van der Waals surface area contributed by atoms with Crippen molar-refractivity contribution in [2.24, 2.45) is 0 Å². The van der Waals surface area contributed by atoms with Gasteiger partial charge in [-0.25, -0.2) is 15.0 Å². The Morgan fingerprint density at radius 1 is 1.19 bits per heavy atom. The normalized spacial score (nSPS) is 10.7. The van der Waals surface area contributed by atoms with E-state index in [1.165, 1.54) is 0 Å². The molecule has 0 amide bonds. The first kappa shape index (κ1) is 15.2. The van der Waals surface area contributed by atoms with E-state index >= 15 is 0 Å². The molecule has 0 unspecified atom stereocenters. The highest BCUT2D eigenvalue weighted by atomic mass is 16.5. The fourth-order valence-corrected chi connectivity index (χ4v) is 1.87. The smallest absolute Gasteiger partial charge is 0.213 e. The number of nitrogens with one attached hydrogen (secondary N) is 1. The first-order valence-corrected chi connectivity index (χ1v) is 7.28. The lowest BCUT2D eigenvalue weighted by molar-refractivity contribution is 0.398. The number of aromatic nitrogens is 3. The molecule has 0 saturated carbocycles. The lowest BCUT2D eigenvalue weighted by Gasteiger charge is -2.11. The molecule has 0 atom stereocenters. The highest BCUT2D eigenvalue weighted by Crippen LogP contribution is 2.22. The Balaban J connectivity index is 2.43. The lowest BCUT2D eigenvalue weighted by atomic mass is 10.1. The van der Waals surface area contributed by atoms with Crippen LogP contribution < -0.4 is 10.1 Å². The van der Waals surface area contributed by atoms with Crippen molar-refractivity contribution in [3.05, 3.63) is 30.0 Å². The summed E-state index contributed by atoms with van der Waals surface area (Å²) in [7, 11) is 1.60. The highest BCUT2D eigenvalue weighted by molar-refractivity contribution is 5.54. The zero-order chi connectivity index (χ0) is 15.2. The number of hydrogen-bond acceptors (Lipinski definition) is 5. The number of ether oxygens (including phenoxy) is 1. The van der Waals surface area contributed by atoms with Gasteiger partial charge in [0.1, 0.15) is 11.5 Å². The van der Waals surface area contributed by atoms with Gasteiger partial charge in [0.25, 0.3) is 0 Å². The molecule has 0 radical (unpaired) electrons. The van der Waals surface area contributed by atoms with Crippen LogP contribution in [0.1, 0.15) is 38.8 Å². The van der Waals surface area contributed by atoms with Gasteiger partial charge in [0.2, 0.25) is 5.88 Å². The van der Waals surface area contributed by atoms with E-state index in [1.54, 1.807) is 7.11 Å². The van der Waals surface area contributed by atoms with Crippen LogP contribution >= 0.6 is 0 Å². The molecule has 2 aromatic rings. The standard InChI is InChI=1S/C16H22N4O/c1-5-9-17-14-10-13(11(2)3)19-16(20-14)12-7-6-8-15(18-12)21-4/h6-8,10-11H,5,9H2,1-4H3,(H,17,19,20). The maximum Gasteiger partial charge on any atom is 0.213 e. The summed E-state index contributed by atoms with van der Waals surface area (Å²) in [4.78, 5) is 13.6. The fourth-order valence-electron chi connectivity index (χ4n) is 1.87. The molecule has 21 heavy (non-hydrogen) atoms. The molecular weight excluding hydrogens is 264 g/mol. The lowest BCUT2D eigenvalue weighted by Crippen LogP contribution is -2.07. The second kappa shape index (κ2) is 7.02. The molecule has 0 aliphatic rings. The summed E-state index contributed by atoms with van der Waals surface area (Å²) in [6, 6.07) is 7.60. The molecule has 5 heteroatoms. The van der Waals surface area contributed by atoms with Crippen LogP contribution in [0.3, 0.4) is 0 Å². The van der Waals surface area contributed by atoms with Crippen LogP contribution in [0, 0.1) is 0 Å². The van der Waals surface area contributed by atoms with Gasteiger partial charge in [0.15, 0.2) is 5.82 Å². The van der Waals surface area contributed by atoms with Gasteiger partial charge in [0, 0.05) is 24.4 Å². The molecule has 0 aliphatic heterocycles. The van der Waals surface area contributed by atoms with Crippen LogP contribution in [0.25, 0.3) is 11.5 Å². The third kappa shape index (κ3) is 3.90. The largest absolute Gasteiger partial charge is 0.481 e. The summed E-state index contributed by atoms with van der Waals surface area (Å²) < 4.78 is 5.17. The number of anilines is 1. The first-order valence-electron chi connectivity index (χ1n) is 7.28. The van der Waals surface area contributed by atoms with Gasteiger partial charge in [-0.15, -0.1) is 0 Å². The molecule has 0 spiro atoms. The second-order valence-corrected chi connectivity index (χ2v) is 5.15. The van der Waals surface area contributed by atoms with Crippen molar-refractivity contribution in [3.63, 3.8) is 0 Å². The summed E-state index contributed by atoms with van der Waals surface area (Å²) in [6.45, 7) is 7.26. The van der Waals surface area contributed by atoms with E-state index in [2.05, 4.69) is 41.0 Å². The fraction of sp³-hybridized carbons (Fsp3) is 0.438. The molecule has 2 rings (SSSR count). The third-order valence-electron chi connectivity index (χ3n) is 3.06. The van der Waals surface area contributed by atoms with Gasteiger partial charge >= 0.3 is 0 Å². The highest BCUT2D eigenvalue weighted by Gasteiger charge is 2.11. The number of rotatable bonds is 6. The molecule has 0 aromatic carbocycles. The second-order valence-electron chi connectivity index (χ2n) is 5.15. The van der Waals surface area contributed by atoms with Crippen LogP contribution in [-0.2, 0) is 0 Å². The summed E-state index contributed by atoms with van der Waals surface area (Å²) >= 11 is 0. The van der Waals surface area contributed by atoms with Crippen LogP contribution in [0.2, 0.25) is 0 Å². The predicted molar refractivity (Wildman–Crippen MR) is 84.7 cm³/mol. The molecule has 2 heterocycles. The van der Waals surface area contributed by atoms with Crippen LogP contribution in [0.5, 0.6) is 5.88 Å². The van der Waals surface area contributed by atoms with Crippen molar-refractivity contribution < 1.29 is 4.74 Å².